The topological polar surface area (TPSA) is 70.2 Å². The van der Waals surface area contributed by atoms with E-state index in [2.05, 4.69) is 31.4 Å². The molecule has 4 rings (SSSR count). The van der Waals surface area contributed by atoms with E-state index in [0.29, 0.717) is 36.6 Å². The van der Waals surface area contributed by atoms with Crippen LogP contribution in [0.15, 0.2) is 40.9 Å². The molecule has 8 heteroatoms. The maximum Gasteiger partial charge on any atom is 0.239 e. The van der Waals surface area contributed by atoms with Gasteiger partial charge in [0.2, 0.25) is 5.91 Å². The van der Waals surface area contributed by atoms with Crippen LogP contribution < -0.4 is 10.1 Å². The molecule has 0 spiro atoms. The fourth-order valence-electron chi connectivity index (χ4n) is 3.74. The van der Waals surface area contributed by atoms with Gasteiger partial charge in [0.1, 0.15) is 17.3 Å². The highest BCUT2D eigenvalue weighted by Gasteiger charge is 2.24. The molecule has 1 saturated heterocycles. The number of carbonyl (C=O) groups is 1. The van der Waals surface area contributed by atoms with Gasteiger partial charge >= 0.3 is 0 Å². The summed E-state index contributed by atoms with van der Waals surface area (Å²) in [6.07, 6.45) is 2.62. The van der Waals surface area contributed by atoms with Crippen LogP contribution in [-0.2, 0) is 4.79 Å². The first-order chi connectivity index (χ1) is 14.5. The van der Waals surface area contributed by atoms with Gasteiger partial charge in [0.15, 0.2) is 0 Å². The van der Waals surface area contributed by atoms with Gasteiger partial charge in [-0.3, -0.25) is 9.89 Å². The normalized spacial score (nSPS) is 16.2. The zero-order valence-corrected chi connectivity index (χ0v) is 18.3. The largest absolute Gasteiger partial charge is 0.493 e. The monoisotopic (exact) mass is 474 g/mol. The number of nitrogens with zero attached hydrogens (tertiary/aromatic N) is 2. The van der Waals surface area contributed by atoms with Crippen molar-refractivity contribution in [2.75, 3.05) is 26.7 Å². The Morgan fingerprint density at radius 2 is 2.20 bits per heavy atom. The second-order valence-corrected chi connectivity index (χ2v) is 8.43. The van der Waals surface area contributed by atoms with E-state index in [4.69, 9.17) is 4.74 Å². The lowest BCUT2D eigenvalue weighted by atomic mass is 10.1. The number of ether oxygens (including phenoxy) is 1. The Balaban J connectivity index is 1.34. The van der Waals surface area contributed by atoms with Crippen molar-refractivity contribution < 1.29 is 13.9 Å². The SMILES string of the molecule is CN(CCCOc1ccc(-c2n[nH]c3cc(Br)ccc23)c(F)c1)C(=O)C1CCCN1. The number of aromatic nitrogens is 2. The number of hydrogen-bond donors (Lipinski definition) is 2. The van der Waals surface area contributed by atoms with Gasteiger partial charge in [0, 0.05) is 35.1 Å². The highest BCUT2D eigenvalue weighted by molar-refractivity contribution is 9.10. The van der Waals surface area contributed by atoms with Crippen molar-refractivity contribution in [1.29, 1.82) is 0 Å². The minimum Gasteiger partial charge on any atom is -0.493 e. The molecule has 1 aliphatic rings. The zero-order valence-electron chi connectivity index (χ0n) is 16.8. The first-order valence-electron chi connectivity index (χ1n) is 10.1. The average molecular weight is 475 g/mol. The third kappa shape index (κ3) is 4.49. The summed E-state index contributed by atoms with van der Waals surface area (Å²) in [6, 6.07) is 10.5. The smallest absolute Gasteiger partial charge is 0.239 e. The van der Waals surface area contributed by atoms with Crippen molar-refractivity contribution in [2.45, 2.75) is 25.3 Å². The lowest BCUT2D eigenvalue weighted by Crippen LogP contribution is -2.42. The predicted molar refractivity (Wildman–Crippen MR) is 118 cm³/mol. The molecule has 3 aromatic rings. The highest BCUT2D eigenvalue weighted by Crippen LogP contribution is 2.31. The van der Waals surface area contributed by atoms with Gasteiger partial charge in [-0.05, 0) is 56.1 Å². The number of fused-ring (bicyclic) bond motifs is 1. The number of likely N-dealkylation sites (N-methyl/N-ethyl adjacent to an activating group) is 1. The summed E-state index contributed by atoms with van der Waals surface area (Å²) in [5.41, 5.74) is 1.83. The number of carbonyl (C=O) groups excluding carboxylic acids is 1. The van der Waals surface area contributed by atoms with Crippen LogP contribution in [0.2, 0.25) is 0 Å². The molecule has 2 aromatic carbocycles. The molecule has 0 saturated carbocycles. The third-order valence-corrected chi connectivity index (χ3v) is 5.86. The van der Waals surface area contributed by atoms with Crippen LogP contribution in [0.5, 0.6) is 5.75 Å². The van der Waals surface area contributed by atoms with Crippen LogP contribution in [0.3, 0.4) is 0 Å². The molecule has 1 fully saturated rings. The van der Waals surface area contributed by atoms with Gasteiger partial charge < -0.3 is 15.0 Å². The summed E-state index contributed by atoms with van der Waals surface area (Å²) in [6.45, 7) is 1.92. The Hall–Kier alpha value is -2.45. The molecule has 1 amide bonds. The number of halogens is 2. The molecule has 158 valence electrons. The van der Waals surface area contributed by atoms with Gasteiger partial charge in [0.05, 0.1) is 18.2 Å². The first-order valence-corrected chi connectivity index (χ1v) is 10.9. The molecular formula is C22H24BrFN4O2. The maximum atomic E-state index is 14.7. The number of H-pyrrole nitrogens is 1. The van der Waals surface area contributed by atoms with Crippen molar-refractivity contribution in [3.05, 3.63) is 46.7 Å². The van der Waals surface area contributed by atoms with Crippen LogP contribution in [0.4, 0.5) is 4.39 Å². The lowest BCUT2D eigenvalue weighted by Gasteiger charge is -2.21. The van der Waals surface area contributed by atoms with Gasteiger partial charge in [-0.25, -0.2) is 4.39 Å². The Bertz CT molecular complexity index is 1050. The van der Waals surface area contributed by atoms with Crippen molar-refractivity contribution in [1.82, 2.24) is 20.4 Å². The summed E-state index contributed by atoms with van der Waals surface area (Å²) >= 11 is 3.42. The summed E-state index contributed by atoms with van der Waals surface area (Å²) in [7, 11) is 1.81. The fraction of sp³-hybridized carbons (Fsp3) is 0.364. The quantitative estimate of drug-likeness (QED) is 0.505. The van der Waals surface area contributed by atoms with Gasteiger partial charge in [-0.2, -0.15) is 5.10 Å². The maximum absolute atomic E-state index is 14.7. The van der Waals surface area contributed by atoms with E-state index in [1.54, 1.807) is 17.0 Å². The molecule has 2 N–H and O–H groups in total. The number of amides is 1. The van der Waals surface area contributed by atoms with Crippen molar-refractivity contribution in [2.24, 2.45) is 0 Å². The van der Waals surface area contributed by atoms with E-state index in [1.807, 2.05) is 25.2 Å². The van der Waals surface area contributed by atoms with Gasteiger partial charge in [-0.1, -0.05) is 15.9 Å². The molecule has 1 aliphatic heterocycles. The standard InChI is InChI=1S/C22H24BrFN4O2/c1-28(22(29)19-4-2-9-25-19)10-3-11-30-15-6-8-16(18(24)13-15)21-17-7-5-14(23)12-20(17)26-27-21/h5-8,12-13,19,25H,2-4,9-11H2,1H3,(H,26,27). The molecular weight excluding hydrogens is 451 g/mol. The number of rotatable bonds is 7. The van der Waals surface area contributed by atoms with Crippen LogP contribution in [-0.4, -0.2) is 53.8 Å². The second-order valence-electron chi connectivity index (χ2n) is 7.51. The molecule has 0 radical (unpaired) electrons. The minimum atomic E-state index is -0.386. The van der Waals surface area contributed by atoms with E-state index in [0.717, 1.165) is 34.8 Å². The molecule has 0 aliphatic carbocycles. The summed E-state index contributed by atoms with van der Waals surface area (Å²) < 4.78 is 21.4. The first kappa shape index (κ1) is 20.8. The van der Waals surface area contributed by atoms with Gasteiger partial charge in [-0.15, -0.1) is 0 Å². The second kappa shape index (κ2) is 9.14. The van der Waals surface area contributed by atoms with E-state index in [9.17, 15) is 9.18 Å². The molecule has 1 aromatic heterocycles. The number of aromatic amines is 1. The Labute approximate surface area is 182 Å². The number of benzene rings is 2. The highest BCUT2D eigenvalue weighted by atomic mass is 79.9. The number of hydrogen-bond acceptors (Lipinski definition) is 4. The van der Waals surface area contributed by atoms with Crippen LogP contribution in [0, 0.1) is 5.82 Å². The summed E-state index contributed by atoms with van der Waals surface area (Å²) in [5.74, 6) is 0.204. The molecule has 30 heavy (non-hydrogen) atoms. The van der Waals surface area contributed by atoms with Crippen LogP contribution >= 0.6 is 15.9 Å². The minimum absolute atomic E-state index is 0.0585. The molecule has 0 bridgehead atoms. The Morgan fingerprint density at radius 3 is 2.97 bits per heavy atom. The van der Waals surface area contributed by atoms with Gasteiger partial charge in [0.25, 0.3) is 0 Å². The van der Waals surface area contributed by atoms with E-state index < -0.39 is 0 Å². The van der Waals surface area contributed by atoms with Crippen molar-refractivity contribution >= 4 is 32.7 Å². The average Bonchev–Trinajstić information content (AvgIpc) is 3.40. The fourth-order valence-corrected chi connectivity index (χ4v) is 4.10. The molecule has 1 atom stereocenters. The molecule has 2 heterocycles. The number of nitrogens with one attached hydrogen (secondary N) is 2. The van der Waals surface area contributed by atoms with Crippen LogP contribution in [0.1, 0.15) is 19.3 Å². The van der Waals surface area contributed by atoms with E-state index in [1.165, 1.54) is 6.07 Å². The summed E-state index contributed by atoms with van der Waals surface area (Å²) in [5, 5.41) is 11.3. The summed E-state index contributed by atoms with van der Waals surface area (Å²) in [4.78, 5) is 14.0. The van der Waals surface area contributed by atoms with Crippen molar-refractivity contribution in [3.63, 3.8) is 0 Å². The van der Waals surface area contributed by atoms with Crippen LogP contribution in [0.25, 0.3) is 22.2 Å². The predicted octanol–water partition coefficient (Wildman–Crippen LogP) is 4.11. The zero-order chi connectivity index (χ0) is 21.1. The third-order valence-electron chi connectivity index (χ3n) is 5.36. The molecule has 1 unspecified atom stereocenters. The van der Waals surface area contributed by atoms with Crippen molar-refractivity contribution in [3.8, 4) is 17.0 Å². The van der Waals surface area contributed by atoms with E-state index >= 15 is 0 Å². The lowest BCUT2D eigenvalue weighted by molar-refractivity contribution is -0.131. The Morgan fingerprint density at radius 1 is 1.33 bits per heavy atom. The van der Waals surface area contributed by atoms with E-state index in [-0.39, 0.29) is 17.8 Å². The molecule has 6 nitrogen and oxygen atoms in total. The Kier molecular flexibility index (Phi) is 6.34.